The lowest BCUT2D eigenvalue weighted by Gasteiger charge is -2.05. The van der Waals surface area contributed by atoms with Gasteiger partial charge in [-0.15, -0.1) is 0 Å². The zero-order valence-electron chi connectivity index (χ0n) is 6.40. The first-order chi connectivity index (χ1) is 5.65. The number of hydrogen-bond donors (Lipinski definition) is 1. The highest BCUT2D eigenvalue weighted by Gasteiger charge is 2.02. The Morgan fingerprint density at radius 1 is 1.33 bits per heavy atom. The SMILES string of the molecule is Cc1cc(Cl)c(Cl)cc1NC=O. The van der Waals surface area contributed by atoms with Crippen LogP contribution in [-0.2, 0) is 4.79 Å². The molecule has 0 aromatic heterocycles. The summed E-state index contributed by atoms with van der Waals surface area (Å²) in [5.41, 5.74) is 1.57. The summed E-state index contributed by atoms with van der Waals surface area (Å²) in [7, 11) is 0. The van der Waals surface area contributed by atoms with Gasteiger partial charge in [-0.1, -0.05) is 23.2 Å². The van der Waals surface area contributed by atoms with Crippen molar-refractivity contribution in [2.24, 2.45) is 0 Å². The third-order valence-electron chi connectivity index (χ3n) is 1.48. The van der Waals surface area contributed by atoms with Crippen LogP contribution in [0, 0.1) is 6.92 Å². The summed E-state index contributed by atoms with van der Waals surface area (Å²) < 4.78 is 0. The van der Waals surface area contributed by atoms with Crippen LogP contribution in [-0.4, -0.2) is 6.41 Å². The number of rotatable bonds is 2. The summed E-state index contributed by atoms with van der Waals surface area (Å²) in [5, 5.41) is 3.45. The van der Waals surface area contributed by atoms with Gasteiger partial charge in [0.05, 0.1) is 10.0 Å². The van der Waals surface area contributed by atoms with Crippen molar-refractivity contribution in [3.8, 4) is 0 Å². The molecule has 1 aromatic carbocycles. The van der Waals surface area contributed by atoms with E-state index in [9.17, 15) is 4.79 Å². The van der Waals surface area contributed by atoms with Crippen LogP contribution < -0.4 is 5.32 Å². The molecule has 2 nitrogen and oxygen atoms in total. The van der Waals surface area contributed by atoms with E-state index in [0.717, 1.165) is 5.56 Å². The van der Waals surface area contributed by atoms with Crippen molar-refractivity contribution in [3.05, 3.63) is 27.7 Å². The molecule has 0 bridgehead atoms. The molecule has 4 heteroatoms. The van der Waals surface area contributed by atoms with Crippen molar-refractivity contribution in [1.29, 1.82) is 0 Å². The Bertz CT molecular complexity index is 312. The Hall–Kier alpha value is -0.730. The lowest BCUT2D eigenvalue weighted by molar-refractivity contribution is -0.105. The molecular weight excluding hydrogens is 197 g/mol. The van der Waals surface area contributed by atoms with Crippen molar-refractivity contribution in [3.63, 3.8) is 0 Å². The van der Waals surface area contributed by atoms with Crippen LogP contribution in [0.4, 0.5) is 5.69 Å². The monoisotopic (exact) mass is 203 g/mol. The third-order valence-corrected chi connectivity index (χ3v) is 2.20. The summed E-state index contributed by atoms with van der Waals surface area (Å²) in [6.45, 7) is 1.84. The minimum absolute atomic E-state index is 0.437. The second kappa shape index (κ2) is 3.78. The van der Waals surface area contributed by atoms with Crippen molar-refractivity contribution in [1.82, 2.24) is 0 Å². The second-order valence-corrected chi connectivity index (χ2v) is 3.16. The molecule has 0 aliphatic rings. The maximum atomic E-state index is 10.1. The number of benzene rings is 1. The van der Waals surface area contributed by atoms with E-state index in [1.807, 2.05) is 6.92 Å². The van der Waals surface area contributed by atoms with Crippen LogP contribution in [0.15, 0.2) is 12.1 Å². The van der Waals surface area contributed by atoms with Crippen LogP contribution >= 0.6 is 23.2 Å². The lowest BCUT2D eigenvalue weighted by Crippen LogP contribution is -1.96. The first-order valence-electron chi connectivity index (χ1n) is 3.31. The van der Waals surface area contributed by atoms with Gasteiger partial charge in [0.2, 0.25) is 6.41 Å². The minimum atomic E-state index is 0.437. The topological polar surface area (TPSA) is 29.1 Å². The number of nitrogens with one attached hydrogen (secondary N) is 1. The molecule has 1 amide bonds. The van der Waals surface area contributed by atoms with E-state index in [1.165, 1.54) is 0 Å². The zero-order chi connectivity index (χ0) is 9.14. The fraction of sp³-hybridized carbons (Fsp3) is 0.125. The van der Waals surface area contributed by atoms with Gasteiger partial charge in [-0.25, -0.2) is 0 Å². The predicted octanol–water partition coefficient (Wildman–Crippen LogP) is 2.87. The molecule has 0 heterocycles. The highest BCUT2D eigenvalue weighted by atomic mass is 35.5. The van der Waals surface area contributed by atoms with E-state index in [0.29, 0.717) is 22.1 Å². The first-order valence-corrected chi connectivity index (χ1v) is 4.06. The van der Waals surface area contributed by atoms with Gasteiger partial charge in [-0.3, -0.25) is 4.79 Å². The minimum Gasteiger partial charge on any atom is -0.328 e. The van der Waals surface area contributed by atoms with E-state index in [-0.39, 0.29) is 0 Å². The van der Waals surface area contributed by atoms with Crippen molar-refractivity contribution < 1.29 is 4.79 Å². The second-order valence-electron chi connectivity index (χ2n) is 2.34. The van der Waals surface area contributed by atoms with Gasteiger partial charge in [-0.2, -0.15) is 0 Å². The Morgan fingerprint density at radius 2 is 1.92 bits per heavy atom. The average molecular weight is 204 g/mol. The summed E-state index contributed by atoms with van der Waals surface area (Å²) in [6, 6.07) is 3.32. The number of amides is 1. The van der Waals surface area contributed by atoms with Crippen molar-refractivity contribution in [2.75, 3.05) is 5.32 Å². The molecule has 0 spiro atoms. The quantitative estimate of drug-likeness (QED) is 0.737. The molecule has 0 unspecified atom stereocenters. The van der Waals surface area contributed by atoms with Gasteiger partial charge >= 0.3 is 0 Å². The summed E-state index contributed by atoms with van der Waals surface area (Å²) >= 11 is 11.5. The number of anilines is 1. The number of halogens is 2. The van der Waals surface area contributed by atoms with Crippen molar-refractivity contribution in [2.45, 2.75) is 6.92 Å². The molecule has 0 atom stereocenters. The number of carbonyl (C=O) groups is 1. The van der Waals surface area contributed by atoms with Crippen LogP contribution in [0.5, 0.6) is 0 Å². The van der Waals surface area contributed by atoms with Crippen LogP contribution in [0.2, 0.25) is 10.0 Å². The van der Waals surface area contributed by atoms with Gasteiger partial charge in [0.15, 0.2) is 0 Å². The van der Waals surface area contributed by atoms with Gasteiger partial charge in [-0.05, 0) is 24.6 Å². The zero-order valence-corrected chi connectivity index (χ0v) is 7.91. The Kier molecular flexibility index (Phi) is 2.95. The molecule has 0 aliphatic heterocycles. The number of carbonyl (C=O) groups excluding carboxylic acids is 1. The fourth-order valence-electron chi connectivity index (χ4n) is 0.865. The largest absolute Gasteiger partial charge is 0.328 e. The molecule has 0 saturated heterocycles. The van der Waals surface area contributed by atoms with E-state index in [2.05, 4.69) is 5.32 Å². The molecule has 0 aliphatic carbocycles. The highest BCUT2D eigenvalue weighted by molar-refractivity contribution is 6.42. The van der Waals surface area contributed by atoms with Crippen LogP contribution in [0.3, 0.4) is 0 Å². The third kappa shape index (κ3) is 1.90. The Morgan fingerprint density at radius 3 is 2.50 bits per heavy atom. The molecule has 1 aromatic rings. The van der Waals surface area contributed by atoms with Crippen LogP contribution in [0.25, 0.3) is 0 Å². The highest BCUT2D eigenvalue weighted by Crippen LogP contribution is 2.28. The van der Waals surface area contributed by atoms with Gasteiger partial charge in [0.25, 0.3) is 0 Å². The smallest absolute Gasteiger partial charge is 0.211 e. The van der Waals surface area contributed by atoms with E-state index in [4.69, 9.17) is 23.2 Å². The van der Waals surface area contributed by atoms with E-state index >= 15 is 0 Å². The fourth-order valence-corrected chi connectivity index (χ4v) is 1.25. The van der Waals surface area contributed by atoms with Gasteiger partial charge in [0, 0.05) is 5.69 Å². The summed E-state index contributed by atoms with van der Waals surface area (Å²) in [6.07, 6.45) is 0.604. The normalized spacial score (nSPS) is 9.58. The molecule has 0 saturated carbocycles. The standard InChI is InChI=1S/C8H7Cl2NO/c1-5-2-6(9)7(10)3-8(5)11-4-12/h2-4H,1H3,(H,11,12). The summed E-state index contributed by atoms with van der Waals surface area (Å²) in [5.74, 6) is 0. The molecule has 64 valence electrons. The molecule has 0 radical (unpaired) electrons. The van der Waals surface area contributed by atoms with Gasteiger partial charge < -0.3 is 5.32 Å². The van der Waals surface area contributed by atoms with Crippen LogP contribution in [0.1, 0.15) is 5.56 Å². The Balaban J connectivity index is 3.13. The maximum Gasteiger partial charge on any atom is 0.211 e. The van der Waals surface area contributed by atoms with E-state index in [1.54, 1.807) is 12.1 Å². The molecule has 1 rings (SSSR count). The maximum absolute atomic E-state index is 10.1. The summed E-state index contributed by atoms with van der Waals surface area (Å²) in [4.78, 5) is 10.1. The van der Waals surface area contributed by atoms with Gasteiger partial charge in [0.1, 0.15) is 0 Å². The van der Waals surface area contributed by atoms with E-state index < -0.39 is 0 Å². The molecule has 0 fully saturated rings. The molecule has 1 N–H and O–H groups in total. The Labute approximate surface area is 80.5 Å². The number of aryl methyl sites for hydroxylation is 1. The van der Waals surface area contributed by atoms with Crippen molar-refractivity contribution >= 4 is 35.3 Å². The molecule has 12 heavy (non-hydrogen) atoms. The predicted molar refractivity (Wildman–Crippen MR) is 50.9 cm³/mol. The number of hydrogen-bond acceptors (Lipinski definition) is 1. The molecular formula is C8H7Cl2NO. The first kappa shape index (κ1) is 9.36. The lowest BCUT2D eigenvalue weighted by atomic mass is 10.2. The average Bonchev–Trinajstić information content (AvgIpc) is 2.01.